The van der Waals surface area contributed by atoms with E-state index < -0.39 is 0 Å². The quantitative estimate of drug-likeness (QED) is 0.693. The summed E-state index contributed by atoms with van der Waals surface area (Å²) in [4.78, 5) is 11.4. The van der Waals surface area contributed by atoms with Gasteiger partial charge in [0.05, 0.1) is 0 Å². The Hall–Kier alpha value is -0.440. The van der Waals surface area contributed by atoms with E-state index in [0.717, 1.165) is 11.8 Å². The number of alkyl halides is 1. The van der Waals surface area contributed by atoms with E-state index in [0.29, 0.717) is 18.5 Å². The number of fused-ring (bicyclic) bond motifs is 2. The van der Waals surface area contributed by atoms with Gasteiger partial charge in [0.2, 0.25) is 0 Å². The average molecular weight is 217 g/mol. The molecule has 0 aromatic carbocycles. The first kappa shape index (κ1) is 10.1. The normalized spacial score (nSPS) is 34.5. The minimum atomic E-state index is -0.0526. The van der Waals surface area contributed by atoms with Crippen molar-refractivity contribution in [2.45, 2.75) is 31.7 Å². The molecule has 0 heterocycles. The van der Waals surface area contributed by atoms with Crippen LogP contribution in [0.2, 0.25) is 0 Å². The SMILES string of the molecule is O=C(NCCCl)N[C@H]1C[C@H]2CC[C@H]1C2. The van der Waals surface area contributed by atoms with Gasteiger partial charge in [-0.05, 0) is 31.1 Å². The van der Waals surface area contributed by atoms with Crippen LogP contribution in [0.5, 0.6) is 0 Å². The van der Waals surface area contributed by atoms with Crippen LogP contribution in [0.4, 0.5) is 4.79 Å². The second-order valence-corrected chi connectivity index (χ2v) is 4.75. The summed E-state index contributed by atoms with van der Waals surface area (Å²) in [5.41, 5.74) is 0. The summed E-state index contributed by atoms with van der Waals surface area (Å²) in [6, 6.07) is 0.368. The molecule has 2 aliphatic carbocycles. The predicted octanol–water partition coefficient (Wildman–Crippen LogP) is 1.71. The summed E-state index contributed by atoms with van der Waals surface area (Å²) in [5, 5.41) is 5.77. The molecule has 3 nitrogen and oxygen atoms in total. The topological polar surface area (TPSA) is 41.1 Å². The van der Waals surface area contributed by atoms with E-state index in [9.17, 15) is 4.79 Å². The highest BCUT2D eigenvalue weighted by Gasteiger charge is 2.39. The summed E-state index contributed by atoms with van der Waals surface area (Å²) in [7, 11) is 0. The zero-order chi connectivity index (χ0) is 9.97. The Morgan fingerprint density at radius 3 is 2.79 bits per heavy atom. The van der Waals surface area contributed by atoms with E-state index in [1.165, 1.54) is 25.7 Å². The molecule has 4 heteroatoms. The number of carbonyl (C=O) groups is 1. The Labute approximate surface area is 89.6 Å². The molecule has 80 valence electrons. The lowest BCUT2D eigenvalue weighted by Crippen LogP contribution is -2.44. The Morgan fingerprint density at radius 1 is 1.36 bits per heavy atom. The summed E-state index contributed by atoms with van der Waals surface area (Å²) >= 11 is 5.48. The molecule has 2 bridgehead atoms. The molecule has 0 saturated heterocycles. The Morgan fingerprint density at radius 2 is 2.21 bits per heavy atom. The average Bonchev–Trinajstić information content (AvgIpc) is 2.76. The zero-order valence-corrected chi connectivity index (χ0v) is 9.02. The fraction of sp³-hybridized carbons (Fsp3) is 0.900. The van der Waals surface area contributed by atoms with E-state index in [-0.39, 0.29) is 6.03 Å². The van der Waals surface area contributed by atoms with Gasteiger partial charge in [-0.1, -0.05) is 6.42 Å². The zero-order valence-electron chi connectivity index (χ0n) is 8.26. The van der Waals surface area contributed by atoms with Crippen molar-refractivity contribution in [2.75, 3.05) is 12.4 Å². The minimum Gasteiger partial charge on any atom is -0.337 e. The lowest BCUT2D eigenvalue weighted by atomic mass is 9.95. The smallest absolute Gasteiger partial charge is 0.315 e. The molecule has 3 atom stereocenters. The van der Waals surface area contributed by atoms with Crippen LogP contribution < -0.4 is 10.6 Å². The van der Waals surface area contributed by atoms with Crippen molar-refractivity contribution < 1.29 is 4.79 Å². The fourth-order valence-electron chi connectivity index (χ4n) is 2.80. The number of amides is 2. The summed E-state index contributed by atoms with van der Waals surface area (Å²) in [5.74, 6) is 2.09. The van der Waals surface area contributed by atoms with Crippen molar-refractivity contribution in [2.24, 2.45) is 11.8 Å². The highest BCUT2D eigenvalue weighted by molar-refractivity contribution is 6.18. The fourth-order valence-corrected chi connectivity index (χ4v) is 2.90. The van der Waals surface area contributed by atoms with Gasteiger partial charge in [-0.25, -0.2) is 4.79 Å². The van der Waals surface area contributed by atoms with Gasteiger partial charge in [0.1, 0.15) is 0 Å². The number of rotatable bonds is 3. The van der Waals surface area contributed by atoms with Gasteiger partial charge in [0, 0.05) is 18.5 Å². The molecule has 14 heavy (non-hydrogen) atoms. The summed E-state index contributed by atoms with van der Waals surface area (Å²) in [6.45, 7) is 0.550. The predicted molar refractivity (Wildman–Crippen MR) is 56.5 cm³/mol. The van der Waals surface area contributed by atoms with Crippen molar-refractivity contribution in [3.8, 4) is 0 Å². The van der Waals surface area contributed by atoms with Crippen LogP contribution in [-0.2, 0) is 0 Å². The van der Waals surface area contributed by atoms with E-state index in [4.69, 9.17) is 11.6 Å². The molecular formula is C10H17ClN2O. The minimum absolute atomic E-state index is 0.0526. The maximum Gasteiger partial charge on any atom is 0.315 e. The second-order valence-electron chi connectivity index (χ2n) is 4.37. The molecule has 2 aliphatic rings. The van der Waals surface area contributed by atoms with Crippen molar-refractivity contribution in [1.82, 2.24) is 10.6 Å². The number of hydrogen-bond donors (Lipinski definition) is 2. The third-order valence-corrected chi connectivity index (χ3v) is 3.62. The van der Waals surface area contributed by atoms with Crippen molar-refractivity contribution >= 4 is 17.6 Å². The number of halogens is 1. The maximum absolute atomic E-state index is 11.4. The molecule has 2 amide bonds. The standard InChI is InChI=1S/C10H17ClN2O/c11-3-4-12-10(14)13-9-6-7-1-2-8(9)5-7/h7-9H,1-6H2,(H2,12,13,14)/t7-,8-,9-/m0/s1. The Balaban J connectivity index is 1.73. The van der Waals surface area contributed by atoms with Crippen LogP contribution in [0.15, 0.2) is 0 Å². The molecular weight excluding hydrogens is 200 g/mol. The van der Waals surface area contributed by atoms with Gasteiger partial charge in [-0.15, -0.1) is 11.6 Å². The number of nitrogens with one attached hydrogen (secondary N) is 2. The first-order valence-electron chi connectivity index (χ1n) is 5.40. The van der Waals surface area contributed by atoms with E-state index in [1.807, 2.05) is 0 Å². The molecule has 0 aromatic rings. The van der Waals surface area contributed by atoms with Gasteiger partial charge < -0.3 is 10.6 Å². The van der Waals surface area contributed by atoms with Crippen LogP contribution in [0.3, 0.4) is 0 Å². The maximum atomic E-state index is 11.4. The highest BCUT2D eigenvalue weighted by Crippen LogP contribution is 2.44. The lowest BCUT2D eigenvalue weighted by molar-refractivity contribution is 0.231. The third-order valence-electron chi connectivity index (χ3n) is 3.43. The molecule has 0 spiro atoms. The second kappa shape index (κ2) is 4.39. The number of carbonyl (C=O) groups excluding carboxylic acids is 1. The van der Waals surface area contributed by atoms with Crippen LogP contribution in [0.25, 0.3) is 0 Å². The molecule has 0 radical (unpaired) electrons. The largest absolute Gasteiger partial charge is 0.337 e. The highest BCUT2D eigenvalue weighted by atomic mass is 35.5. The van der Waals surface area contributed by atoms with Crippen LogP contribution in [-0.4, -0.2) is 24.5 Å². The molecule has 0 unspecified atom stereocenters. The van der Waals surface area contributed by atoms with E-state index >= 15 is 0 Å². The van der Waals surface area contributed by atoms with Crippen molar-refractivity contribution in [3.05, 3.63) is 0 Å². The molecule has 0 aromatic heterocycles. The van der Waals surface area contributed by atoms with Gasteiger partial charge in [-0.2, -0.15) is 0 Å². The van der Waals surface area contributed by atoms with Gasteiger partial charge in [0.15, 0.2) is 0 Å². The van der Waals surface area contributed by atoms with Crippen molar-refractivity contribution in [3.63, 3.8) is 0 Å². The third kappa shape index (κ3) is 2.14. The van der Waals surface area contributed by atoms with E-state index in [2.05, 4.69) is 10.6 Å². The summed E-state index contributed by atoms with van der Waals surface area (Å²) < 4.78 is 0. The van der Waals surface area contributed by atoms with Crippen LogP contribution in [0, 0.1) is 11.8 Å². The molecule has 2 fully saturated rings. The van der Waals surface area contributed by atoms with Gasteiger partial charge in [-0.3, -0.25) is 0 Å². The monoisotopic (exact) mass is 216 g/mol. The first-order valence-corrected chi connectivity index (χ1v) is 5.93. The number of hydrogen-bond acceptors (Lipinski definition) is 1. The molecule has 2 rings (SSSR count). The summed E-state index contributed by atoms with van der Waals surface area (Å²) in [6.07, 6.45) is 5.16. The van der Waals surface area contributed by atoms with E-state index in [1.54, 1.807) is 0 Å². The molecule has 0 aliphatic heterocycles. The first-order chi connectivity index (χ1) is 6.79. The van der Waals surface area contributed by atoms with Crippen molar-refractivity contribution in [1.29, 1.82) is 0 Å². The van der Waals surface area contributed by atoms with Crippen LogP contribution in [0.1, 0.15) is 25.7 Å². The Kier molecular flexibility index (Phi) is 3.16. The molecule has 2 saturated carbocycles. The molecule has 2 N–H and O–H groups in total. The Bertz CT molecular complexity index is 222. The van der Waals surface area contributed by atoms with Crippen LogP contribution >= 0.6 is 11.6 Å². The lowest BCUT2D eigenvalue weighted by Gasteiger charge is -2.22. The number of urea groups is 1. The van der Waals surface area contributed by atoms with Gasteiger partial charge >= 0.3 is 6.03 Å². The van der Waals surface area contributed by atoms with Gasteiger partial charge in [0.25, 0.3) is 0 Å².